The zero-order chi connectivity index (χ0) is 17.4. The number of esters is 1. The fraction of sp³-hybridized carbons (Fsp3) is 0.579. The normalized spacial score (nSPS) is 13.4. The van der Waals surface area contributed by atoms with E-state index >= 15 is 0 Å². The molecule has 0 heterocycles. The van der Waals surface area contributed by atoms with Gasteiger partial charge in [-0.1, -0.05) is 20.3 Å². The van der Waals surface area contributed by atoms with E-state index < -0.39 is 0 Å². The van der Waals surface area contributed by atoms with Crippen molar-refractivity contribution in [1.82, 2.24) is 4.90 Å². The fourth-order valence-corrected chi connectivity index (χ4v) is 2.44. The number of anilines is 1. The molecule has 1 saturated carbocycles. The molecule has 132 valence electrons. The summed E-state index contributed by atoms with van der Waals surface area (Å²) in [5.41, 5.74) is 1.20. The second-order valence-corrected chi connectivity index (χ2v) is 6.39. The van der Waals surface area contributed by atoms with Crippen molar-refractivity contribution in [2.24, 2.45) is 5.92 Å². The molecule has 0 radical (unpaired) electrons. The lowest BCUT2D eigenvalue weighted by Gasteiger charge is -2.22. The topological polar surface area (TPSA) is 58.6 Å². The first-order valence-electron chi connectivity index (χ1n) is 8.97. The summed E-state index contributed by atoms with van der Waals surface area (Å²) in [6.07, 6.45) is 5.26. The van der Waals surface area contributed by atoms with E-state index in [-0.39, 0.29) is 12.0 Å². The summed E-state index contributed by atoms with van der Waals surface area (Å²) in [5, 5.41) is 2.91. The Morgan fingerprint density at radius 1 is 1.17 bits per heavy atom. The third-order valence-corrected chi connectivity index (χ3v) is 4.06. The Labute approximate surface area is 144 Å². The van der Waals surface area contributed by atoms with Gasteiger partial charge in [0.05, 0.1) is 12.2 Å². The number of ether oxygens (including phenoxy) is 1. The van der Waals surface area contributed by atoms with Crippen LogP contribution in [0.2, 0.25) is 0 Å². The number of hydrogen-bond acceptors (Lipinski definition) is 3. The zero-order valence-electron chi connectivity index (χ0n) is 14.7. The molecule has 0 aliphatic heterocycles. The molecule has 0 aromatic heterocycles. The molecular formula is C19H28N2O3. The van der Waals surface area contributed by atoms with Crippen LogP contribution in [0.5, 0.6) is 0 Å². The number of nitrogens with zero attached hydrogens (tertiary/aromatic N) is 1. The van der Waals surface area contributed by atoms with E-state index in [1.165, 1.54) is 12.8 Å². The Morgan fingerprint density at radius 3 is 2.46 bits per heavy atom. The summed E-state index contributed by atoms with van der Waals surface area (Å²) < 4.78 is 5.18. The number of rotatable bonds is 9. The number of unbranched alkanes of at least 4 members (excludes halogenated alkanes) is 1. The van der Waals surface area contributed by atoms with E-state index in [9.17, 15) is 9.59 Å². The van der Waals surface area contributed by atoms with Gasteiger partial charge in [0.1, 0.15) is 0 Å². The molecule has 2 amide bonds. The molecule has 2 rings (SSSR count). The lowest BCUT2D eigenvalue weighted by atomic mass is 10.2. The molecule has 1 aromatic carbocycles. The maximum Gasteiger partial charge on any atom is 0.338 e. The quantitative estimate of drug-likeness (QED) is 0.542. The van der Waals surface area contributed by atoms with Crippen LogP contribution in [0.15, 0.2) is 24.3 Å². The second kappa shape index (κ2) is 9.30. The van der Waals surface area contributed by atoms with Gasteiger partial charge in [0, 0.05) is 18.8 Å². The Hall–Kier alpha value is -2.04. The third-order valence-electron chi connectivity index (χ3n) is 4.06. The highest BCUT2D eigenvalue weighted by atomic mass is 16.5. The third kappa shape index (κ3) is 5.87. The van der Waals surface area contributed by atoms with Crippen molar-refractivity contribution in [2.75, 3.05) is 25.0 Å². The van der Waals surface area contributed by atoms with E-state index in [1.807, 2.05) is 4.90 Å². The minimum absolute atomic E-state index is 0.0676. The predicted octanol–water partition coefficient (Wildman–Crippen LogP) is 4.30. The van der Waals surface area contributed by atoms with Gasteiger partial charge in [0.2, 0.25) is 0 Å². The van der Waals surface area contributed by atoms with Crippen LogP contribution in [-0.4, -0.2) is 36.6 Å². The highest BCUT2D eigenvalue weighted by Gasteiger charge is 2.26. The van der Waals surface area contributed by atoms with E-state index in [2.05, 4.69) is 19.2 Å². The van der Waals surface area contributed by atoms with Crippen molar-refractivity contribution >= 4 is 17.7 Å². The minimum Gasteiger partial charge on any atom is -0.462 e. The van der Waals surface area contributed by atoms with Gasteiger partial charge in [-0.05, 0) is 55.9 Å². The maximum atomic E-state index is 12.4. The molecule has 1 N–H and O–H groups in total. The Balaban J connectivity index is 1.87. The van der Waals surface area contributed by atoms with Crippen LogP contribution in [0.25, 0.3) is 0 Å². The van der Waals surface area contributed by atoms with Gasteiger partial charge in [-0.2, -0.15) is 0 Å². The van der Waals surface area contributed by atoms with Crippen molar-refractivity contribution in [1.29, 1.82) is 0 Å². The van der Waals surface area contributed by atoms with Crippen molar-refractivity contribution in [3.8, 4) is 0 Å². The summed E-state index contributed by atoms with van der Waals surface area (Å²) in [6.45, 7) is 6.18. The number of benzene rings is 1. The van der Waals surface area contributed by atoms with Crippen molar-refractivity contribution in [3.05, 3.63) is 29.8 Å². The summed E-state index contributed by atoms with van der Waals surface area (Å²) in [4.78, 5) is 26.1. The molecule has 5 nitrogen and oxygen atoms in total. The number of carbonyl (C=O) groups is 2. The average molecular weight is 332 g/mol. The number of amides is 2. The molecule has 1 fully saturated rings. The number of carbonyl (C=O) groups excluding carboxylic acids is 2. The first kappa shape index (κ1) is 18.3. The number of urea groups is 1. The first-order chi connectivity index (χ1) is 11.6. The van der Waals surface area contributed by atoms with Gasteiger partial charge >= 0.3 is 12.0 Å². The SMILES string of the molecule is CCCCOC(=O)c1ccc(NC(=O)N(CCC)CC2CC2)cc1. The highest BCUT2D eigenvalue weighted by Crippen LogP contribution is 2.30. The Kier molecular flexibility index (Phi) is 7.09. The van der Waals surface area contributed by atoms with Crippen LogP contribution in [-0.2, 0) is 4.74 Å². The van der Waals surface area contributed by atoms with Gasteiger partial charge in [0.25, 0.3) is 0 Å². The molecule has 0 spiro atoms. The summed E-state index contributed by atoms with van der Waals surface area (Å²) >= 11 is 0. The molecule has 1 aliphatic carbocycles. The molecule has 0 bridgehead atoms. The van der Waals surface area contributed by atoms with Crippen molar-refractivity contribution in [2.45, 2.75) is 46.0 Å². The van der Waals surface area contributed by atoms with Gasteiger partial charge in [-0.25, -0.2) is 9.59 Å². The first-order valence-corrected chi connectivity index (χ1v) is 8.97. The summed E-state index contributed by atoms with van der Waals surface area (Å²) in [7, 11) is 0. The van der Waals surface area contributed by atoms with E-state index in [0.29, 0.717) is 23.8 Å². The van der Waals surface area contributed by atoms with Crippen molar-refractivity contribution < 1.29 is 14.3 Å². The highest BCUT2D eigenvalue weighted by molar-refractivity contribution is 5.92. The molecule has 1 aliphatic rings. The smallest absolute Gasteiger partial charge is 0.338 e. The standard InChI is InChI=1S/C19H28N2O3/c1-3-5-13-24-18(22)16-8-10-17(11-9-16)20-19(23)21(12-4-2)14-15-6-7-15/h8-11,15H,3-7,12-14H2,1-2H3,(H,20,23). The molecule has 0 unspecified atom stereocenters. The van der Waals surface area contributed by atoms with Crippen LogP contribution < -0.4 is 5.32 Å². The monoisotopic (exact) mass is 332 g/mol. The average Bonchev–Trinajstić information content (AvgIpc) is 3.39. The van der Waals surface area contributed by atoms with E-state index in [0.717, 1.165) is 32.4 Å². The summed E-state index contributed by atoms with van der Waals surface area (Å²) in [6, 6.07) is 6.80. The van der Waals surface area contributed by atoms with Crippen molar-refractivity contribution in [3.63, 3.8) is 0 Å². The fourth-order valence-electron chi connectivity index (χ4n) is 2.44. The minimum atomic E-state index is -0.317. The van der Waals surface area contributed by atoms with Gasteiger partial charge in [-0.15, -0.1) is 0 Å². The lowest BCUT2D eigenvalue weighted by molar-refractivity contribution is 0.0500. The predicted molar refractivity (Wildman–Crippen MR) is 95.2 cm³/mol. The molecule has 1 aromatic rings. The number of hydrogen-bond donors (Lipinski definition) is 1. The zero-order valence-corrected chi connectivity index (χ0v) is 14.7. The largest absolute Gasteiger partial charge is 0.462 e. The molecule has 5 heteroatoms. The van der Waals surface area contributed by atoms with Crippen LogP contribution in [0.1, 0.15) is 56.3 Å². The molecule has 0 saturated heterocycles. The van der Waals surface area contributed by atoms with E-state index in [1.54, 1.807) is 24.3 Å². The van der Waals surface area contributed by atoms with Crippen LogP contribution in [0.3, 0.4) is 0 Å². The van der Waals surface area contributed by atoms with Gasteiger partial charge in [0.15, 0.2) is 0 Å². The van der Waals surface area contributed by atoms with E-state index in [4.69, 9.17) is 4.74 Å². The van der Waals surface area contributed by atoms with Crippen LogP contribution in [0.4, 0.5) is 10.5 Å². The Morgan fingerprint density at radius 2 is 1.88 bits per heavy atom. The van der Waals surface area contributed by atoms with Crippen LogP contribution in [0, 0.1) is 5.92 Å². The maximum absolute atomic E-state index is 12.4. The molecule has 24 heavy (non-hydrogen) atoms. The second-order valence-electron chi connectivity index (χ2n) is 6.39. The van der Waals surface area contributed by atoms with Gasteiger partial charge < -0.3 is 15.0 Å². The summed E-state index contributed by atoms with van der Waals surface area (Å²) in [5.74, 6) is 0.352. The Bertz CT molecular complexity index is 538. The lowest BCUT2D eigenvalue weighted by Crippen LogP contribution is -2.37. The van der Waals surface area contributed by atoms with Gasteiger partial charge in [-0.3, -0.25) is 0 Å². The van der Waals surface area contributed by atoms with Crippen LogP contribution >= 0.6 is 0 Å². The molecule has 0 atom stereocenters. The number of nitrogens with one attached hydrogen (secondary N) is 1. The molecular weight excluding hydrogens is 304 g/mol.